The molecule has 2 fully saturated rings. The minimum atomic E-state index is -0.112. The first-order valence-electron chi connectivity index (χ1n) is 8.73. The molecule has 2 aliphatic heterocycles. The zero-order chi connectivity index (χ0) is 16.5. The molecular formula is C18H24N4O2. The Bertz CT molecular complexity index is 688. The number of para-hydroxylation sites is 1. The average molecular weight is 328 g/mol. The lowest BCUT2D eigenvalue weighted by molar-refractivity contribution is 0.0856. The number of rotatable bonds is 3. The quantitative estimate of drug-likeness (QED) is 0.802. The summed E-state index contributed by atoms with van der Waals surface area (Å²) in [6.07, 6.45) is 3.47. The first kappa shape index (κ1) is 15.6. The van der Waals surface area contributed by atoms with E-state index >= 15 is 0 Å². The highest BCUT2D eigenvalue weighted by atomic mass is 16.3. The summed E-state index contributed by atoms with van der Waals surface area (Å²) in [5, 5.41) is 4.08. The summed E-state index contributed by atoms with van der Waals surface area (Å²) in [6, 6.07) is 10.2. The Morgan fingerprint density at radius 2 is 2.04 bits per heavy atom. The van der Waals surface area contributed by atoms with Crippen LogP contribution in [0.4, 0.5) is 0 Å². The summed E-state index contributed by atoms with van der Waals surface area (Å²) in [5.41, 5.74) is 7.37. The molecule has 0 bridgehead atoms. The number of piperidine rings is 1. The Morgan fingerprint density at radius 1 is 1.25 bits per heavy atom. The van der Waals surface area contributed by atoms with Crippen molar-refractivity contribution in [2.75, 3.05) is 13.1 Å². The highest BCUT2D eigenvalue weighted by Crippen LogP contribution is 2.20. The van der Waals surface area contributed by atoms with Gasteiger partial charge in [-0.15, -0.1) is 0 Å². The fourth-order valence-corrected chi connectivity index (χ4v) is 3.64. The van der Waals surface area contributed by atoms with E-state index in [4.69, 9.17) is 4.42 Å². The molecule has 2 unspecified atom stereocenters. The van der Waals surface area contributed by atoms with Crippen LogP contribution in [-0.2, 0) is 0 Å². The molecular weight excluding hydrogens is 304 g/mol. The van der Waals surface area contributed by atoms with Crippen LogP contribution in [0.1, 0.15) is 36.7 Å². The summed E-state index contributed by atoms with van der Waals surface area (Å²) in [4.78, 5) is 14.9. The number of carbonyl (C=O) groups excluding carboxylic acids is 1. The number of furan rings is 1. The summed E-state index contributed by atoms with van der Waals surface area (Å²) in [7, 11) is 0. The Labute approximate surface area is 141 Å². The van der Waals surface area contributed by atoms with Crippen LogP contribution in [0.3, 0.4) is 0 Å². The maximum atomic E-state index is 12.4. The molecule has 2 saturated heterocycles. The van der Waals surface area contributed by atoms with Crippen molar-refractivity contribution in [2.24, 2.45) is 0 Å². The molecule has 0 aliphatic carbocycles. The lowest BCUT2D eigenvalue weighted by Gasteiger charge is -2.35. The molecule has 0 saturated carbocycles. The van der Waals surface area contributed by atoms with E-state index < -0.39 is 0 Å². The van der Waals surface area contributed by atoms with Crippen molar-refractivity contribution in [1.29, 1.82) is 0 Å². The third-order valence-electron chi connectivity index (χ3n) is 5.03. The normalized spacial score (nSPS) is 26.0. The first-order chi connectivity index (χ1) is 11.7. The Morgan fingerprint density at radius 3 is 2.75 bits per heavy atom. The van der Waals surface area contributed by atoms with Crippen LogP contribution >= 0.6 is 0 Å². The molecule has 2 aromatic rings. The topological polar surface area (TPSA) is 69.5 Å². The van der Waals surface area contributed by atoms with Gasteiger partial charge >= 0.3 is 0 Å². The van der Waals surface area contributed by atoms with Crippen molar-refractivity contribution >= 4 is 16.9 Å². The monoisotopic (exact) mass is 328 g/mol. The van der Waals surface area contributed by atoms with Gasteiger partial charge in [-0.2, -0.15) is 0 Å². The summed E-state index contributed by atoms with van der Waals surface area (Å²) >= 11 is 0. The minimum Gasteiger partial charge on any atom is -0.451 e. The maximum absolute atomic E-state index is 12.4. The highest BCUT2D eigenvalue weighted by molar-refractivity contribution is 5.96. The van der Waals surface area contributed by atoms with E-state index in [2.05, 4.69) is 28.0 Å². The molecule has 0 spiro atoms. The van der Waals surface area contributed by atoms with E-state index in [1.165, 1.54) is 0 Å². The van der Waals surface area contributed by atoms with Crippen molar-refractivity contribution < 1.29 is 9.21 Å². The van der Waals surface area contributed by atoms with E-state index in [9.17, 15) is 4.79 Å². The van der Waals surface area contributed by atoms with Gasteiger partial charge < -0.3 is 9.73 Å². The maximum Gasteiger partial charge on any atom is 0.287 e. The molecule has 6 heteroatoms. The Balaban J connectivity index is 1.32. The second-order valence-corrected chi connectivity index (χ2v) is 6.87. The third-order valence-corrected chi connectivity index (χ3v) is 5.03. The number of carbonyl (C=O) groups is 1. The zero-order valence-corrected chi connectivity index (χ0v) is 13.9. The predicted octanol–water partition coefficient (Wildman–Crippen LogP) is 1.84. The molecule has 6 nitrogen and oxygen atoms in total. The molecule has 3 heterocycles. The van der Waals surface area contributed by atoms with Crippen molar-refractivity contribution in [3.63, 3.8) is 0 Å². The van der Waals surface area contributed by atoms with Gasteiger partial charge in [-0.1, -0.05) is 18.2 Å². The second kappa shape index (κ2) is 6.55. The third kappa shape index (κ3) is 3.17. The van der Waals surface area contributed by atoms with Gasteiger partial charge in [-0.25, -0.2) is 5.43 Å². The molecule has 1 aromatic carbocycles. The van der Waals surface area contributed by atoms with E-state index in [0.717, 1.165) is 43.3 Å². The summed E-state index contributed by atoms with van der Waals surface area (Å²) in [5.74, 6) is 0.285. The molecule has 4 rings (SSSR count). The van der Waals surface area contributed by atoms with Gasteiger partial charge in [0.15, 0.2) is 5.76 Å². The van der Waals surface area contributed by atoms with Crippen LogP contribution in [0.5, 0.6) is 0 Å². The van der Waals surface area contributed by atoms with E-state index in [1.54, 1.807) is 0 Å². The van der Waals surface area contributed by atoms with Crippen LogP contribution in [-0.4, -0.2) is 42.1 Å². The van der Waals surface area contributed by atoms with Crippen LogP contribution in [0.25, 0.3) is 11.0 Å². The number of hydrogen-bond acceptors (Lipinski definition) is 5. The molecule has 1 amide bonds. The number of likely N-dealkylation sites (tertiary alicyclic amines) is 1. The van der Waals surface area contributed by atoms with E-state index in [0.29, 0.717) is 18.0 Å². The molecule has 3 N–H and O–H groups in total. The highest BCUT2D eigenvalue weighted by Gasteiger charge is 2.30. The number of nitrogens with zero attached hydrogens (tertiary/aromatic N) is 1. The predicted molar refractivity (Wildman–Crippen MR) is 92.4 cm³/mol. The van der Waals surface area contributed by atoms with E-state index in [1.807, 2.05) is 30.3 Å². The number of benzene rings is 1. The smallest absolute Gasteiger partial charge is 0.287 e. The average Bonchev–Trinajstić information content (AvgIpc) is 3.21. The van der Waals surface area contributed by atoms with Crippen molar-refractivity contribution in [3.8, 4) is 0 Å². The van der Waals surface area contributed by atoms with Gasteiger partial charge in [0.25, 0.3) is 5.91 Å². The number of hydrazine groups is 1. The zero-order valence-electron chi connectivity index (χ0n) is 13.9. The Hall–Kier alpha value is -1.89. The lowest BCUT2D eigenvalue weighted by atomic mass is 10.0. The standard InChI is InChI=1S/C18H24N4O2/c1-12-10-17(21-20-12)22-8-6-14(7-9-22)19-18(23)16-11-13-4-2-3-5-15(13)24-16/h2-5,11-12,14,17,20-21H,6-10H2,1H3,(H,19,23). The molecule has 2 atom stereocenters. The molecule has 128 valence electrons. The van der Waals surface area contributed by atoms with Gasteiger partial charge in [-0.05, 0) is 38.3 Å². The number of amides is 1. The van der Waals surface area contributed by atoms with Crippen molar-refractivity contribution in [2.45, 2.75) is 44.4 Å². The number of fused-ring (bicyclic) bond motifs is 1. The fraction of sp³-hybridized carbons (Fsp3) is 0.500. The van der Waals surface area contributed by atoms with Gasteiger partial charge in [0.1, 0.15) is 5.58 Å². The van der Waals surface area contributed by atoms with Crippen LogP contribution in [0.2, 0.25) is 0 Å². The molecule has 1 aromatic heterocycles. The molecule has 24 heavy (non-hydrogen) atoms. The van der Waals surface area contributed by atoms with Crippen LogP contribution < -0.4 is 16.2 Å². The number of nitrogens with one attached hydrogen (secondary N) is 3. The van der Waals surface area contributed by atoms with Crippen molar-refractivity contribution in [3.05, 3.63) is 36.1 Å². The van der Waals surface area contributed by atoms with Gasteiger partial charge in [-0.3, -0.25) is 15.1 Å². The van der Waals surface area contributed by atoms with Crippen LogP contribution in [0, 0.1) is 0 Å². The van der Waals surface area contributed by atoms with Crippen LogP contribution in [0.15, 0.2) is 34.7 Å². The van der Waals surface area contributed by atoms with Crippen molar-refractivity contribution in [1.82, 2.24) is 21.1 Å². The van der Waals surface area contributed by atoms with Gasteiger partial charge in [0.2, 0.25) is 0 Å². The van der Waals surface area contributed by atoms with Gasteiger partial charge in [0.05, 0.1) is 6.17 Å². The SMILES string of the molecule is CC1CC(N2CCC(NC(=O)c3cc4ccccc4o3)CC2)NN1. The largest absolute Gasteiger partial charge is 0.451 e. The lowest BCUT2D eigenvalue weighted by Crippen LogP contribution is -2.51. The number of hydrogen-bond donors (Lipinski definition) is 3. The first-order valence-corrected chi connectivity index (χ1v) is 8.73. The summed E-state index contributed by atoms with van der Waals surface area (Å²) in [6.45, 7) is 4.18. The Kier molecular flexibility index (Phi) is 4.26. The summed E-state index contributed by atoms with van der Waals surface area (Å²) < 4.78 is 5.64. The molecule has 2 aliphatic rings. The molecule has 0 radical (unpaired) electrons. The second-order valence-electron chi connectivity index (χ2n) is 6.87. The van der Waals surface area contributed by atoms with Gasteiger partial charge in [0, 0.05) is 30.6 Å². The van der Waals surface area contributed by atoms with E-state index in [-0.39, 0.29) is 11.9 Å². The minimum absolute atomic E-state index is 0.112. The fourth-order valence-electron chi connectivity index (χ4n) is 3.64.